The molecule has 0 spiro atoms. The van der Waals surface area contributed by atoms with Crippen LogP contribution in [0.5, 0.6) is 0 Å². The van der Waals surface area contributed by atoms with E-state index in [-0.39, 0.29) is 0 Å². The number of hydrogen-bond donors (Lipinski definition) is 0. The molecule has 2 nitrogen and oxygen atoms in total. The van der Waals surface area contributed by atoms with Gasteiger partial charge in [-0.1, -0.05) is 200 Å². The molecule has 0 fully saturated rings. The van der Waals surface area contributed by atoms with Crippen LogP contribution in [-0.4, -0.2) is 4.57 Å². The average molecular weight is 865 g/mol. The molecule has 0 amide bonds. The molecule has 1 aromatic heterocycles. The summed E-state index contributed by atoms with van der Waals surface area (Å²) in [6, 6.07) is 97.6. The van der Waals surface area contributed by atoms with E-state index in [1.807, 2.05) is 0 Å². The summed E-state index contributed by atoms with van der Waals surface area (Å²) >= 11 is 0. The first-order valence-electron chi connectivity index (χ1n) is 23.4. The molecule has 1 heterocycles. The minimum Gasteiger partial charge on any atom is -0.310 e. The molecule has 2 heteroatoms. The molecule has 0 aliphatic rings. The predicted molar refractivity (Wildman–Crippen MR) is 290 cm³/mol. The van der Waals surface area contributed by atoms with E-state index >= 15 is 0 Å². The van der Waals surface area contributed by atoms with Gasteiger partial charge in [0.05, 0.1) is 11.0 Å². The number of anilines is 3. The second-order valence-corrected chi connectivity index (χ2v) is 17.6. The van der Waals surface area contributed by atoms with Crippen molar-refractivity contribution >= 4 is 71.2 Å². The zero-order chi connectivity index (χ0) is 45.0. The van der Waals surface area contributed by atoms with Gasteiger partial charge in [-0.05, 0) is 144 Å². The van der Waals surface area contributed by atoms with Gasteiger partial charge in [0.25, 0.3) is 0 Å². The van der Waals surface area contributed by atoms with Crippen molar-refractivity contribution in [2.24, 2.45) is 0 Å². The first-order chi connectivity index (χ1) is 33.7. The Hall–Kier alpha value is -8.98. The first-order valence-corrected chi connectivity index (χ1v) is 23.4. The van der Waals surface area contributed by atoms with E-state index in [0.29, 0.717) is 0 Å². The molecule has 68 heavy (non-hydrogen) atoms. The number of hydrogen-bond acceptors (Lipinski definition) is 1. The van der Waals surface area contributed by atoms with Gasteiger partial charge in [0, 0.05) is 33.5 Å². The lowest BCUT2D eigenvalue weighted by molar-refractivity contribution is 1.18. The number of benzene rings is 12. The Morgan fingerprint density at radius 2 is 0.809 bits per heavy atom. The van der Waals surface area contributed by atoms with Crippen molar-refractivity contribution in [3.8, 4) is 50.2 Å². The molecule has 13 rings (SSSR count). The molecule has 318 valence electrons. The van der Waals surface area contributed by atoms with E-state index in [9.17, 15) is 0 Å². The Morgan fingerprint density at radius 1 is 0.265 bits per heavy atom. The van der Waals surface area contributed by atoms with Crippen molar-refractivity contribution < 1.29 is 0 Å². The van der Waals surface area contributed by atoms with Crippen LogP contribution in [-0.2, 0) is 0 Å². The zero-order valence-electron chi connectivity index (χ0n) is 37.3. The molecular weight excluding hydrogens is 821 g/mol. The van der Waals surface area contributed by atoms with Crippen LogP contribution in [0.1, 0.15) is 0 Å². The summed E-state index contributed by atoms with van der Waals surface area (Å²) < 4.78 is 2.40. The van der Waals surface area contributed by atoms with Gasteiger partial charge in [-0.2, -0.15) is 0 Å². The summed E-state index contributed by atoms with van der Waals surface area (Å²) in [5, 5.41) is 9.88. The van der Waals surface area contributed by atoms with Crippen LogP contribution in [0.2, 0.25) is 0 Å². The molecule has 0 aliphatic heterocycles. The minimum absolute atomic E-state index is 1.08. The molecule has 0 aliphatic carbocycles. The van der Waals surface area contributed by atoms with Crippen LogP contribution in [0.3, 0.4) is 0 Å². The summed E-state index contributed by atoms with van der Waals surface area (Å²) in [6.45, 7) is 0. The summed E-state index contributed by atoms with van der Waals surface area (Å²) in [5.41, 5.74) is 16.4. The van der Waals surface area contributed by atoms with Gasteiger partial charge in [-0.25, -0.2) is 0 Å². The third-order valence-corrected chi connectivity index (χ3v) is 13.7. The Balaban J connectivity index is 1.04. The second-order valence-electron chi connectivity index (χ2n) is 17.6. The number of aromatic nitrogens is 1. The van der Waals surface area contributed by atoms with Crippen molar-refractivity contribution in [2.75, 3.05) is 4.90 Å². The highest BCUT2D eigenvalue weighted by atomic mass is 15.1. The Bertz CT molecular complexity index is 4000. The normalized spacial score (nSPS) is 11.5. The lowest BCUT2D eigenvalue weighted by Crippen LogP contribution is -2.10. The molecule has 0 saturated carbocycles. The molecule has 12 aromatic carbocycles. The van der Waals surface area contributed by atoms with Crippen LogP contribution in [0.25, 0.3) is 104 Å². The van der Waals surface area contributed by atoms with Crippen LogP contribution in [0.4, 0.5) is 17.1 Å². The molecule has 13 aromatic rings. The van der Waals surface area contributed by atoms with Gasteiger partial charge in [-0.15, -0.1) is 0 Å². The van der Waals surface area contributed by atoms with Gasteiger partial charge in [0.2, 0.25) is 0 Å². The van der Waals surface area contributed by atoms with Gasteiger partial charge in [0.15, 0.2) is 0 Å². The summed E-state index contributed by atoms with van der Waals surface area (Å²) in [7, 11) is 0. The average Bonchev–Trinajstić information content (AvgIpc) is 3.76. The quantitative estimate of drug-likeness (QED) is 0.138. The first kappa shape index (κ1) is 39.4. The second kappa shape index (κ2) is 16.5. The fourth-order valence-electron chi connectivity index (χ4n) is 10.7. The zero-order valence-corrected chi connectivity index (χ0v) is 37.3. The van der Waals surface area contributed by atoms with E-state index in [2.05, 4.69) is 276 Å². The summed E-state index contributed by atoms with van der Waals surface area (Å²) in [5.74, 6) is 0. The smallest absolute Gasteiger partial charge is 0.0547 e. The monoisotopic (exact) mass is 864 g/mol. The van der Waals surface area contributed by atoms with Gasteiger partial charge in [0.1, 0.15) is 0 Å². The standard InChI is InChI=1S/C66H44N2/c1-4-19-47(20-5-1)64-59-29-13-12-28-57(59)58-41-40-55(44-61(58)65(64)48-21-6-2-7-22-48)67(53-38-36-46(37-39-53)50-35-34-45-18-10-11-23-49(45)42-50)54-27-16-24-51(43-54)56-31-17-33-63-66(56)60-30-14-15-32-62(60)68(63)52-25-8-3-9-26-52/h1-44H. The molecule has 0 bridgehead atoms. The van der Waals surface area contributed by atoms with Crippen molar-refractivity contribution in [1.82, 2.24) is 4.57 Å². The van der Waals surface area contributed by atoms with E-state index < -0.39 is 0 Å². The van der Waals surface area contributed by atoms with Crippen LogP contribution in [0.15, 0.2) is 267 Å². The van der Waals surface area contributed by atoms with Crippen molar-refractivity contribution in [1.29, 1.82) is 0 Å². The summed E-state index contributed by atoms with van der Waals surface area (Å²) in [6.07, 6.45) is 0. The highest BCUT2D eigenvalue weighted by molar-refractivity contribution is 6.22. The Labute approximate surface area is 395 Å². The minimum atomic E-state index is 1.08. The van der Waals surface area contributed by atoms with Gasteiger partial charge < -0.3 is 9.47 Å². The maximum Gasteiger partial charge on any atom is 0.0547 e. The number of para-hydroxylation sites is 2. The fourth-order valence-corrected chi connectivity index (χ4v) is 10.7. The highest BCUT2D eigenvalue weighted by Gasteiger charge is 2.22. The van der Waals surface area contributed by atoms with Gasteiger partial charge >= 0.3 is 0 Å². The Kier molecular flexibility index (Phi) is 9.54. The van der Waals surface area contributed by atoms with Crippen LogP contribution < -0.4 is 4.90 Å². The highest BCUT2D eigenvalue weighted by Crippen LogP contribution is 2.48. The fraction of sp³-hybridized carbons (Fsp3) is 0. The third kappa shape index (κ3) is 6.65. The lowest BCUT2D eigenvalue weighted by Gasteiger charge is -2.27. The molecule has 0 saturated heterocycles. The number of rotatable bonds is 8. The van der Waals surface area contributed by atoms with E-state index in [4.69, 9.17) is 0 Å². The van der Waals surface area contributed by atoms with Gasteiger partial charge in [-0.3, -0.25) is 0 Å². The molecule has 0 atom stereocenters. The molecule has 0 N–H and O–H groups in total. The molecule has 0 unspecified atom stereocenters. The summed E-state index contributed by atoms with van der Waals surface area (Å²) in [4.78, 5) is 2.44. The van der Waals surface area contributed by atoms with Crippen molar-refractivity contribution in [3.05, 3.63) is 267 Å². The molecule has 0 radical (unpaired) electrons. The maximum absolute atomic E-state index is 2.44. The largest absolute Gasteiger partial charge is 0.310 e. The van der Waals surface area contributed by atoms with Crippen LogP contribution >= 0.6 is 0 Å². The predicted octanol–water partition coefficient (Wildman–Crippen LogP) is 18.4. The van der Waals surface area contributed by atoms with E-state index in [0.717, 1.165) is 28.3 Å². The number of nitrogens with zero attached hydrogens (tertiary/aromatic N) is 2. The van der Waals surface area contributed by atoms with Crippen LogP contribution in [0, 0.1) is 0 Å². The SMILES string of the molecule is c1ccc(-c2c(-c3ccccc3)c3cc(N(c4ccc(-c5ccc6ccccc6c5)cc4)c4cccc(-c5cccc6c5c5ccccc5n6-c5ccccc5)c4)ccc3c3ccccc23)cc1. The number of fused-ring (bicyclic) bond motifs is 7. The molecular formula is C66H44N2. The third-order valence-electron chi connectivity index (χ3n) is 13.7. The topological polar surface area (TPSA) is 8.17 Å². The lowest BCUT2D eigenvalue weighted by atomic mass is 9.85. The van der Waals surface area contributed by atoms with E-state index in [1.54, 1.807) is 0 Å². The van der Waals surface area contributed by atoms with E-state index in [1.165, 1.54) is 93.1 Å². The van der Waals surface area contributed by atoms with Crippen molar-refractivity contribution in [2.45, 2.75) is 0 Å². The maximum atomic E-state index is 2.44. The van der Waals surface area contributed by atoms with Crippen molar-refractivity contribution in [3.63, 3.8) is 0 Å². The Morgan fingerprint density at radius 3 is 1.57 bits per heavy atom.